The Morgan fingerprint density at radius 1 is 1.37 bits per heavy atom. The molecular weight excluding hydrogens is 266 g/mol. The zero-order chi connectivity index (χ0) is 13.8. The second-order valence-electron chi connectivity index (χ2n) is 3.72. The summed E-state index contributed by atoms with van der Waals surface area (Å²) in [5.74, 6) is 7.06. The number of nitrogens with zero attached hydrogens (tertiary/aromatic N) is 3. The molecule has 9 heteroatoms. The van der Waals surface area contributed by atoms with Crippen LogP contribution in [0.2, 0.25) is 0 Å². The SMILES string of the molecule is Cc1cc(NN)nc(CSc2nc(N)cc(=O)[nH]2)n1. The third kappa shape index (κ3) is 3.66. The van der Waals surface area contributed by atoms with E-state index < -0.39 is 0 Å². The third-order valence-corrected chi connectivity index (χ3v) is 3.00. The largest absolute Gasteiger partial charge is 0.383 e. The first-order chi connectivity index (χ1) is 9.06. The Morgan fingerprint density at radius 3 is 2.84 bits per heavy atom. The number of hydrazine groups is 1. The smallest absolute Gasteiger partial charge is 0.253 e. The van der Waals surface area contributed by atoms with Crippen LogP contribution >= 0.6 is 11.8 Å². The summed E-state index contributed by atoms with van der Waals surface area (Å²) in [5, 5.41) is 0.428. The molecule has 0 aromatic carbocycles. The Labute approximate surface area is 113 Å². The van der Waals surface area contributed by atoms with Crippen LogP contribution < -0.4 is 22.6 Å². The summed E-state index contributed by atoms with van der Waals surface area (Å²) in [6.07, 6.45) is 0. The maximum absolute atomic E-state index is 11.2. The Bertz CT molecular complexity index is 642. The number of aromatic amines is 1. The topological polar surface area (TPSA) is 136 Å². The van der Waals surface area contributed by atoms with E-state index in [1.54, 1.807) is 6.07 Å². The summed E-state index contributed by atoms with van der Waals surface area (Å²) in [5.41, 5.74) is 8.48. The molecule has 0 aliphatic rings. The van der Waals surface area contributed by atoms with Gasteiger partial charge in [-0.1, -0.05) is 11.8 Å². The van der Waals surface area contributed by atoms with Gasteiger partial charge in [-0.3, -0.25) is 4.79 Å². The van der Waals surface area contributed by atoms with Gasteiger partial charge < -0.3 is 16.1 Å². The van der Waals surface area contributed by atoms with E-state index in [2.05, 4.69) is 25.4 Å². The first-order valence-electron chi connectivity index (χ1n) is 5.37. The van der Waals surface area contributed by atoms with Crippen LogP contribution in [0.25, 0.3) is 0 Å². The predicted octanol–water partition coefficient (Wildman–Crippen LogP) is 0.0284. The number of hydrogen-bond acceptors (Lipinski definition) is 8. The second kappa shape index (κ2) is 5.67. The fourth-order valence-electron chi connectivity index (χ4n) is 1.42. The van der Waals surface area contributed by atoms with Crippen molar-refractivity contribution in [2.45, 2.75) is 17.8 Å². The van der Waals surface area contributed by atoms with Gasteiger partial charge in [0.15, 0.2) is 5.16 Å². The van der Waals surface area contributed by atoms with Gasteiger partial charge in [0.1, 0.15) is 17.5 Å². The minimum Gasteiger partial charge on any atom is -0.383 e. The predicted molar refractivity (Wildman–Crippen MR) is 73.4 cm³/mol. The van der Waals surface area contributed by atoms with Gasteiger partial charge in [-0.25, -0.2) is 20.8 Å². The summed E-state index contributed by atoms with van der Waals surface area (Å²) < 4.78 is 0. The average molecular weight is 279 g/mol. The van der Waals surface area contributed by atoms with Crippen molar-refractivity contribution in [1.29, 1.82) is 0 Å². The maximum atomic E-state index is 11.2. The van der Waals surface area contributed by atoms with Gasteiger partial charge in [0, 0.05) is 17.8 Å². The molecule has 2 heterocycles. The molecule has 0 atom stereocenters. The normalized spacial score (nSPS) is 10.4. The van der Waals surface area contributed by atoms with Crippen molar-refractivity contribution in [3.63, 3.8) is 0 Å². The van der Waals surface area contributed by atoms with Crippen LogP contribution in [0.1, 0.15) is 11.5 Å². The molecule has 0 saturated carbocycles. The van der Waals surface area contributed by atoms with Gasteiger partial charge in [0.25, 0.3) is 5.56 Å². The highest BCUT2D eigenvalue weighted by Crippen LogP contribution is 2.17. The first-order valence-corrected chi connectivity index (χ1v) is 6.36. The van der Waals surface area contributed by atoms with Gasteiger partial charge in [0.05, 0.1) is 5.75 Å². The van der Waals surface area contributed by atoms with Crippen molar-refractivity contribution in [2.75, 3.05) is 11.2 Å². The molecule has 2 aromatic heterocycles. The van der Waals surface area contributed by atoms with Gasteiger partial charge >= 0.3 is 0 Å². The van der Waals surface area contributed by atoms with Crippen LogP contribution in [0.4, 0.5) is 11.6 Å². The first kappa shape index (κ1) is 13.3. The number of aromatic nitrogens is 4. The highest BCUT2D eigenvalue weighted by Gasteiger charge is 2.05. The third-order valence-electron chi connectivity index (χ3n) is 2.13. The van der Waals surface area contributed by atoms with E-state index in [0.29, 0.717) is 22.6 Å². The molecule has 0 amide bonds. The maximum Gasteiger partial charge on any atom is 0.253 e. The van der Waals surface area contributed by atoms with Crippen LogP contribution in [-0.2, 0) is 5.75 Å². The summed E-state index contributed by atoms with van der Waals surface area (Å²) in [6, 6.07) is 2.96. The minimum atomic E-state index is -0.288. The van der Waals surface area contributed by atoms with Crippen molar-refractivity contribution in [1.82, 2.24) is 19.9 Å². The van der Waals surface area contributed by atoms with Gasteiger partial charge in [0.2, 0.25) is 0 Å². The number of H-pyrrole nitrogens is 1. The lowest BCUT2D eigenvalue weighted by atomic mass is 10.4. The van der Waals surface area contributed by atoms with E-state index in [9.17, 15) is 4.79 Å². The summed E-state index contributed by atoms with van der Waals surface area (Å²) in [4.78, 5) is 26.3. The van der Waals surface area contributed by atoms with Crippen molar-refractivity contribution in [3.05, 3.63) is 34.0 Å². The molecule has 0 aliphatic carbocycles. The molecule has 0 fully saturated rings. The lowest BCUT2D eigenvalue weighted by Gasteiger charge is -2.05. The van der Waals surface area contributed by atoms with Crippen LogP contribution in [0.5, 0.6) is 0 Å². The molecule has 2 aromatic rings. The van der Waals surface area contributed by atoms with Crippen LogP contribution in [-0.4, -0.2) is 19.9 Å². The summed E-state index contributed by atoms with van der Waals surface area (Å²) >= 11 is 1.29. The van der Waals surface area contributed by atoms with Crippen LogP contribution in [0.3, 0.4) is 0 Å². The fraction of sp³-hybridized carbons (Fsp3) is 0.200. The number of nitrogens with one attached hydrogen (secondary N) is 2. The molecular formula is C10H13N7OS. The van der Waals surface area contributed by atoms with Crippen molar-refractivity contribution in [3.8, 4) is 0 Å². The summed E-state index contributed by atoms with van der Waals surface area (Å²) in [7, 11) is 0. The Kier molecular flexibility index (Phi) is 3.97. The van der Waals surface area contributed by atoms with E-state index in [1.807, 2.05) is 6.92 Å². The number of nitrogen functional groups attached to an aromatic ring is 2. The van der Waals surface area contributed by atoms with Crippen LogP contribution in [0, 0.1) is 6.92 Å². The lowest BCUT2D eigenvalue weighted by molar-refractivity contribution is 0.935. The molecule has 0 aliphatic heterocycles. The van der Waals surface area contributed by atoms with E-state index in [0.717, 1.165) is 5.69 Å². The molecule has 0 radical (unpaired) electrons. The number of anilines is 2. The van der Waals surface area contributed by atoms with E-state index in [1.165, 1.54) is 17.8 Å². The molecule has 6 N–H and O–H groups in total. The summed E-state index contributed by atoms with van der Waals surface area (Å²) in [6.45, 7) is 1.84. The Hall–Kier alpha value is -2.13. The molecule has 19 heavy (non-hydrogen) atoms. The zero-order valence-corrected chi connectivity index (χ0v) is 11.0. The van der Waals surface area contributed by atoms with Gasteiger partial charge in [-0.2, -0.15) is 0 Å². The van der Waals surface area contributed by atoms with Crippen molar-refractivity contribution < 1.29 is 0 Å². The zero-order valence-electron chi connectivity index (χ0n) is 10.2. The molecule has 8 nitrogen and oxygen atoms in total. The van der Waals surface area contributed by atoms with Crippen molar-refractivity contribution in [2.24, 2.45) is 5.84 Å². The number of thioether (sulfide) groups is 1. The standard InChI is InChI=1S/C10H13N7OS/c1-5-2-7(17-12)15-8(13-5)4-19-10-14-6(11)3-9(18)16-10/h2-3H,4,12H2,1H3,(H,13,15,17)(H3,11,14,16,18). The highest BCUT2D eigenvalue weighted by molar-refractivity contribution is 7.98. The quantitative estimate of drug-likeness (QED) is 0.266. The average Bonchev–Trinajstić information content (AvgIpc) is 2.34. The molecule has 0 saturated heterocycles. The highest BCUT2D eigenvalue weighted by atomic mass is 32.2. The van der Waals surface area contributed by atoms with Crippen molar-refractivity contribution >= 4 is 23.4 Å². The van der Waals surface area contributed by atoms with Gasteiger partial charge in [-0.15, -0.1) is 0 Å². The molecule has 0 bridgehead atoms. The number of nitrogens with two attached hydrogens (primary N) is 2. The number of aryl methyl sites for hydroxylation is 1. The Morgan fingerprint density at radius 2 is 2.16 bits per heavy atom. The number of rotatable bonds is 4. The molecule has 100 valence electrons. The minimum absolute atomic E-state index is 0.181. The monoisotopic (exact) mass is 279 g/mol. The molecule has 0 unspecified atom stereocenters. The fourth-order valence-corrected chi connectivity index (χ4v) is 2.16. The van der Waals surface area contributed by atoms with E-state index in [4.69, 9.17) is 11.6 Å². The Balaban J connectivity index is 2.14. The van der Waals surface area contributed by atoms with Crippen LogP contribution in [0.15, 0.2) is 22.1 Å². The molecule has 0 spiro atoms. The lowest BCUT2D eigenvalue weighted by Crippen LogP contribution is -2.11. The second-order valence-corrected chi connectivity index (χ2v) is 4.68. The van der Waals surface area contributed by atoms with E-state index in [-0.39, 0.29) is 11.4 Å². The van der Waals surface area contributed by atoms with E-state index >= 15 is 0 Å². The molecule has 2 rings (SSSR count). The van der Waals surface area contributed by atoms with Gasteiger partial charge in [-0.05, 0) is 6.92 Å². The number of hydrogen-bond donors (Lipinski definition) is 4.